The molecule has 2 aromatic rings. The Kier molecular flexibility index (Phi) is 5.03. The predicted molar refractivity (Wildman–Crippen MR) is 94.1 cm³/mol. The van der Waals surface area contributed by atoms with Gasteiger partial charge in [0.15, 0.2) is 5.78 Å². The molecule has 0 bridgehead atoms. The van der Waals surface area contributed by atoms with Gasteiger partial charge in [-0.2, -0.15) is 0 Å². The number of para-hydroxylation sites is 1. The third-order valence-corrected chi connectivity index (χ3v) is 4.64. The Labute approximate surface area is 146 Å². The van der Waals surface area contributed by atoms with E-state index in [0.29, 0.717) is 42.8 Å². The monoisotopic (exact) mass is 339 g/mol. The van der Waals surface area contributed by atoms with Crippen LogP contribution < -0.4 is 4.74 Å². The topological polar surface area (TPSA) is 66.8 Å². The van der Waals surface area contributed by atoms with E-state index in [1.807, 2.05) is 12.1 Å². The summed E-state index contributed by atoms with van der Waals surface area (Å²) in [4.78, 5) is 27.0. The minimum atomic E-state index is -0.0914. The number of ether oxygens (including phenoxy) is 1. The number of aromatic hydroxyl groups is 1. The minimum absolute atomic E-state index is 0.0621. The van der Waals surface area contributed by atoms with Gasteiger partial charge in [-0.05, 0) is 49.2 Å². The second-order valence-corrected chi connectivity index (χ2v) is 6.18. The molecule has 1 heterocycles. The zero-order chi connectivity index (χ0) is 17.8. The molecule has 0 aliphatic carbocycles. The van der Waals surface area contributed by atoms with E-state index in [0.717, 1.165) is 0 Å². The lowest BCUT2D eigenvalue weighted by atomic mass is 9.88. The molecule has 0 aromatic heterocycles. The van der Waals surface area contributed by atoms with E-state index in [9.17, 15) is 14.7 Å². The average Bonchev–Trinajstić information content (AvgIpc) is 2.67. The number of Topliss-reactive ketones (excluding diaryl/α,β-unsaturated/α-hetero) is 1. The van der Waals surface area contributed by atoms with Crippen molar-refractivity contribution in [1.29, 1.82) is 0 Å². The first-order valence-corrected chi connectivity index (χ1v) is 8.35. The molecule has 25 heavy (non-hydrogen) atoms. The third-order valence-electron chi connectivity index (χ3n) is 4.64. The van der Waals surface area contributed by atoms with E-state index in [4.69, 9.17) is 4.74 Å². The fourth-order valence-corrected chi connectivity index (χ4v) is 3.20. The van der Waals surface area contributed by atoms with E-state index < -0.39 is 0 Å². The summed E-state index contributed by atoms with van der Waals surface area (Å²) < 4.78 is 5.26. The van der Waals surface area contributed by atoms with Crippen LogP contribution in [0.1, 0.15) is 33.6 Å². The maximum Gasteiger partial charge on any atom is 0.257 e. The van der Waals surface area contributed by atoms with Crippen LogP contribution in [0, 0.1) is 5.92 Å². The molecule has 1 aliphatic heterocycles. The number of phenolic OH excluding ortho intramolecular Hbond substituents is 1. The Balaban J connectivity index is 1.64. The zero-order valence-electron chi connectivity index (χ0n) is 14.1. The maximum absolute atomic E-state index is 12.7. The van der Waals surface area contributed by atoms with Gasteiger partial charge in [0.05, 0.1) is 12.7 Å². The van der Waals surface area contributed by atoms with Gasteiger partial charge in [0.25, 0.3) is 5.91 Å². The fraction of sp³-hybridized carbons (Fsp3) is 0.300. The summed E-state index contributed by atoms with van der Waals surface area (Å²) in [5.41, 5.74) is 1.15. The number of hydrogen-bond donors (Lipinski definition) is 1. The first-order chi connectivity index (χ1) is 12.1. The molecule has 0 unspecified atom stereocenters. The van der Waals surface area contributed by atoms with Crippen molar-refractivity contribution < 1.29 is 19.4 Å². The van der Waals surface area contributed by atoms with Crippen LogP contribution in [0.25, 0.3) is 0 Å². The van der Waals surface area contributed by atoms with Crippen LogP contribution in [-0.2, 0) is 0 Å². The number of carbonyl (C=O) groups is 2. The van der Waals surface area contributed by atoms with Crippen LogP contribution in [0.2, 0.25) is 0 Å². The fourth-order valence-electron chi connectivity index (χ4n) is 3.20. The van der Waals surface area contributed by atoms with Gasteiger partial charge in [0.2, 0.25) is 0 Å². The Morgan fingerprint density at radius 2 is 1.68 bits per heavy atom. The molecule has 1 N–H and O–H groups in total. The molecule has 0 saturated carbocycles. The number of carbonyl (C=O) groups excluding carboxylic acids is 2. The molecule has 1 amide bonds. The molecule has 0 spiro atoms. The zero-order valence-corrected chi connectivity index (χ0v) is 14.1. The summed E-state index contributed by atoms with van der Waals surface area (Å²) in [5, 5.41) is 9.33. The Morgan fingerprint density at radius 3 is 2.32 bits per heavy atom. The van der Waals surface area contributed by atoms with E-state index in [-0.39, 0.29) is 23.4 Å². The molecule has 5 heteroatoms. The Bertz CT molecular complexity index is 762. The lowest BCUT2D eigenvalue weighted by Crippen LogP contribution is -2.40. The van der Waals surface area contributed by atoms with Gasteiger partial charge in [0.1, 0.15) is 11.5 Å². The van der Waals surface area contributed by atoms with Crippen molar-refractivity contribution in [3.05, 3.63) is 59.7 Å². The van der Waals surface area contributed by atoms with Crippen LogP contribution in [0.4, 0.5) is 0 Å². The maximum atomic E-state index is 12.7. The first kappa shape index (κ1) is 17.0. The van der Waals surface area contributed by atoms with Crippen LogP contribution in [0.5, 0.6) is 11.5 Å². The van der Waals surface area contributed by atoms with Crippen LogP contribution in [-0.4, -0.2) is 41.9 Å². The van der Waals surface area contributed by atoms with Gasteiger partial charge in [0, 0.05) is 24.6 Å². The summed E-state index contributed by atoms with van der Waals surface area (Å²) in [5.74, 6) is 0.632. The molecule has 2 aromatic carbocycles. The number of likely N-dealkylation sites (tertiary alicyclic amines) is 1. The molecule has 0 atom stereocenters. The minimum Gasteiger partial charge on any atom is -0.508 e. The Morgan fingerprint density at radius 1 is 1.04 bits per heavy atom. The molecular formula is C20H21NO4. The standard InChI is InChI=1S/C20H21NO4/c1-25-18-5-3-2-4-17(18)20(24)21-12-10-15(11-13-21)19(23)14-6-8-16(22)9-7-14/h2-9,15,22H,10-13H2,1H3. The summed E-state index contributed by atoms with van der Waals surface area (Å²) in [6.45, 7) is 1.09. The molecule has 1 fully saturated rings. The first-order valence-electron chi connectivity index (χ1n) is 8.35. The lowest BCUT2D eigenvalue weighted by Gasteiger charge is -2.31. The predicted octanol–water partition coefficient (Wildman–Crippen LogP) is 3.14. The van der Waals surface area contributed by atoms with Crippen molar-refractivity contribution in [2.24, 2.45) is 5.92 Å². The summed E-state index contributed by atoms with van der Waals surface area (Å²) >= 11 is 0. The van der Waals surface area contributed by atoms with Crippen LogP contribution >= 0.6 is 0 Å². The van der Waals surface area contributed by atoms with Crippen molar-refractivity contribution in [3.8, 4) is 11.5 Å². The molecule has 1 saturated heterocycles. The number of hydrogen-bond acceptors (Lipinski definition) is 4. The van der Waals surface area contributed by atoms with Gasteiger partial charge >= 0.3 is 0 Å². The molecule has 0 radical (unpaired) electrons. The molecule has 1 aliphatic rings. The summed E-state index contributed by atoms with van der Waals surface area (Å²) in [6.07, 6.45) is 1.28. The number of benzene rings is 2. The highest BCUT2D eigenvalue weighted by Gasteiger charge is 2.29. The van der Waals surface area contributed by atoms with Gasteiger partial charge in [-0.25, -0.2) is 0 Å². The SMILES string of the molecule is COc1ccccc1C(=O)N1CCC(C(=O)c2ccc(O)cc2)CC1. The van der Waals surface area contributed by atoms with Gasteiger partial charge in [-0.3, -0.25) is 9.59 Å². The number of methoxy groups -OCH3 is 1. The number of phenols is 1. The molecule has 3 rings (SSSR count). The van der Waals surface area contributed by atoms with Crippen molar-refractivity contribution in [2.45, 2.75) is 12.8 Å². The molecule has 130 valence electrons. The third kappa shape index (κ3) is 3.65. The van der Waals surface area contributed by atoms with E-state index >= 15 is 0 Å². The molecular weight excluding hydrogens is 318 g/mol. The smallest absolute Gasteiger partial charge is 0.257 e. The normalized spacial score (nSPS) is 15.0. The molecule has 5 nitrogen and oxygen atoms in total. The highest BCUT2D eigenvalue weighted by atomic mass is 16.5. The largest absolute Gasteiger partial charge is 0.508 e. The number of rotatable bonds is 4. The van der Waals surface area contributed by atoms with E-state index in [2.05, 4.69) is 0 Å². The summed E-state index contributed by atoms with van der Waals surface area (Å²) in [7, 11) is 1.55. The highest BCUT2D eigenvalue weighted by molar-refractivity contribution is 5.99. The van der Waals surface area contributed by atoms with Gasteiger partial charge < -0.3 is 14.7 Å². The van der Waals surface area contributed by atoms with E-state index in [1.54, 1.807) is 36.3 Å². The quantitative estimate of drug-likeness (QED) is 0.869. The second kappa shape index (κ2) is 7.38. The number of nitrogens with zero attached hydrogens (tertiary/aromatic N) is 1. The van der Waals surface area contributed by atoms with Gasteiger partial charge in [-0.1, -0.05) is 12.1 Å². The summed E-state index contributed by atoms with van der Waals surface area (Å²) in [6, 6.07) is 13.5. The van der Waals surface area contributed by atoms with Crippen molar-refractivity contribution in [1.82, 2.24) is 4.90 Å². The second-order valence-electron chi connectivity index (χ2n) is 6.18. The van der Waals surface area contributed by atoms with Crippen LogP contribution in [0.15, 0.2) is 48.5 Å². The number of amides is 1. The van der Waals surface area contributed by atoms with Gasteiger partial charge in [-0.15, -0.1) is 0 Å². The highest BCUT2D eigenvalue weighted by Crippen LogP contribution is 2.26. The number of ketones is 1. The van der Waals surface area contributed by atoms with Crippen LogP contribution in [0.3, 0.4) is 0 Å². The van der Waals surface area contributed by atoms with Crippen molar-refractivity contribution in [3.63, 3.8) is 0 Å². The van der Waals surface area contributed by atoms with E-state index in [1.165, 1.54) is 12.1 Å². The Hall–Kier alpha value is -2.82. The lowest BCUT2D eigenvalue weighted by molar-refractivity contribution is 0.0647. The number of piperidine rings is 1. The van der Waals surface area contributed by atoms with Crippen molar-refractivity contribution in [2.75, 3.05) is 20.2 Å². The van der Waals surface area contributed by atoms with Crippen molar-refractivity contribution >= 4 is 11.7 Å². The average molecular weight is 339 g/mol.